The molecule has 6 nitrogen and oxygen atoms in total. The van der Waals surface area contributed by atoms with E-state index in [1.54, 1.807) is 0 Å². The van der Waals surface area contributed by atoms with Crippen molar-refractivity contribution in [3.8, 4) is 0 Å². The van der Waals surface area contributed by atoms with Gasteiger partial charge in [0, 0.05) is 0 Å². The van der Waals surface area contributed by atoms with Gasteiger partial charge in [0.1, 0.15) is 12.3 Å². The minimum absolute atomic E-state index is 0.0236. The Hall–Kier alpha value is -2.08. The van der Waals surface area contributed by atoms with E-state index in [-0.39, 0.29) is 13.2 Å². The highest BCUT2D eigenvalue weighted by molar-refractivity contribution is 5.81. The number of hydrogen-bond acceptors (Lipinski definition) is 4. The van der Waals surface area contributed by atoms with E-state index in [9.17, 15) is 14.7 Å². The molecule has 1 aliphatic heterocycles. The van der Waals surface area contributed by atoms with Gasteiger partial charge in [-0.25, -0.2) is 9.59 Å². The zero-order chi connectivity index (χ0) is 16.3. The van der Waals surface area contributed by atoms with E-state index in [1.807, 2.05) is 30.3 Å². The molecule has 1 unspecified atom stereocenters. The van der Waals surface area contributed by atoms with Crippen molar-refractivity contribution in [3.63, 3.8) is 0 Å². The van der Waals surface area contributed by atoms with Crippen LogP contribution in [0.1, 0.15) is 37.7 Å². The van der Waals surface area contributed by atoms with E-state index in [0.717, 1.165) is 24.8 Å². The summed E-state index contributed by atoms with van der Waals surface area (Å²) in [6, 6.07) is 8.36. The first-order chi connectivity index (χ1) is 11.1. The summed E-state index contributed by atoms with van der Waals surface area (Å²) in [5.74, 6) is -1.05. The molecule has 1 atom stereocenters. The molecular weight excluding hydrogens is 298 g/mol. The first-order valence-corrected chi connectivity index (χ1v) is 7.99. The average Bonchev–Trinajstić information content (AvgIpc) is 2.93. The fourth-order valence-electron chi connectivity index (χ4n) is 3.42. The summed E-state index contributed by atoms with van der Waals surface area (Å²) in [5.41, 5.74) is 0.0558. The van der Waals surface area contributed by atoms with Crippen LogP contribution in [0.4, 0.5) is 4.79 Å². The van der Waals surface area contributed by atoms with E-state index in [4.69, 9.17) is 9.47 Å². The maximum absolute atomic E-state index is 12.6. The first-order valence-electron chi connectivity index (χ1n) is 7.99. The molecule has 0 bridgehead atoms. The van der Waals surface area contributed by atoms with Gasteiger partial charge in [-0.1, -0.05) is 36.8 Å². The summed E-state index contributed by atoms with van der Waals surface area (Å²) in [6.45, 7) is 0.147. The molecule has 0 radical (unpaired) electrons. The molecule has 1 amide bonds. The standard InChI is InChI=1S/C17H21NO5/c19-15(20)14-12-23-17(9-5-2-6-10-17)18(14)16(21)22-11-13-7-3-1-4-8-13/h1,3-4,7-8,14H,2,5-6,9-12H2,(H,19,20). The third kappa shape index (κ3) is 3.17. The van der Waals surface area contributed by atoms with Crippen LogP contribution in [0.3, 0.4) is 0 Å². The van der Waals surface area contributed by atoms with Gasteiger partial charge in [0.15, 0.2) is 6.04 Å². The first kappa shape index (κ1) is 15.8. The Labute approximate surface area is 135 Å². The molecule has 1 saturated heterocycles. The summed E-state index contributed by atoms with van der Waals surface area (Å²) in [5, 5.41) is 9.40. The van der Waals surface area contributed by atoms with Gasteiger partial charge in [0.2, 0.25) is 0 Å². The summed E-state index contributed by atoms with van der Waals surface area (Å²) >= 11 is 0. The Morgan fingerprint density at radius 1 is 1.22 bits per heavy atom. The van der Waals surface area contributed by atoms with Gasteiger partial charge in [0.25, 0.3) is 0 Å². The summed E-state index contributed by atoms with van der Waals surface area (Å²) in [4.78, 5) is 25.4. The molecule has 1 spiro atoms. The van der Waals surface area contributed by atoms with Crippen molar-refractivity contribution >= 4 is 12.1 Å². The molecule has 124 valence electrons. The van der Waals surface area contributed by atoms with Crippen LogP contribution in [0.2, 0.25) is 0 Å². The van der Waals surface area contributed by atoms with Crippen LogP contribution >= 0.6 is 0 Å². The van der Waals surface area contributed by atoms with E-state index >= 15 is 0 Å². The van der Waals surface area contributed by atoms with Crippen LogP contribution in [-0.2, 0) is 20.9 Å². The van der Waals surface area contributed by atoms with Gasteiger partial charge in [-0.05, 0) is 31.2 Å². The number of hydrogen-bond donors (Lipinski definition) is 1. The Morgan fingerprint density at radius 3 is 2.57 bits per heavy atom. The van der Waals surface area contributed by atoms with Gasteiger partial charge in [-0.2, -0.15) is 0 Å². The second kappa shape index (κ2) is 6.58. The topological polar surface area (TPSA) is 76.1 Å². The Balaban J connectivity index is 1.74. The van der Waals surface area contributed by atoms with Crippen LogP contribution in [0.15, 0.2) is 30.3 Å². The highest BCUT2D eigenvalue weighted by atomic mass is 16.6. The van der Waals surface area contributed by atoms with E-state index in [1.165, 1.54) is 4.90 Å². The van der Waals surface area contributed by atoms with Crippen LogP contribution in [0, 0.1) is 0 Å². The number of ether oxygens (including phenoxy) is 2. The van der Waals surface area contributed by atoms with Crippen LogP contribution in [-0.4, -0.2) is 40.4 Å². The second-order valence-electron chi connectivity index (χ2n) is 6.08. The lowest BCUT2D eigenvalue weighted by Crippen LogP contribution is -2.54. The maximum Gasteiger partial charge on any atom is 0.413 e. The van der Waals surface area contributed by atoms with Crippen molar-refractivity contribution < 1.29 is 24.2 Å². The van der Waals surface area contributed by atoms with Gasteiger partial charge >= 0.3 is 12.1 Å². The lowest BCUT2D eigenvalue weighted by atomic mass is 9.90. The number of aliphatic carboxylic acids is 1. The lowest BCUT2D eigenvalue weighted by Gasteiger charge is -2.40. The molecule has 2 fully saturated rings. The minimum atomic E-state index is -1.05. The Kier molecular flexibility index (Phi) is 4.52. The fourth-order valence-corrected chi connectivity index (χ4v) is 3.42. The molecule has 6 heteroatoms. The SMILES string of the molecule is O=C(O)C1COC2(CCCCC2)N1C(=O)OCc1ccccc1. The van der Waals surface area contributed by atoms with Crippen molar-refractivity contribution in [3.05, 3.63) is 35.9 Å². The molecule has 1 aromatic rings. The summed E-state index contributed by atoms with van der Waals surface area (Å²) < 4.78 is 11.1. The molecule has 23 heavy (non-hydrogen) atoms. The maximum atomic E-state index is 12.6. The largest absolute Gasteiger partial charge is 0.480 e. The van der Waals surface area contributed by atoms with Crippen molar-refractivity contribution in [2.75, 3.05) is 6.61 Å². The molecule has 1 heterocycles. The predicted molar refractivity (Wildman–Crippen MR) is 81.7 cm³/mol. The number of nitrogens with zero attached hydrogens (tertiary/aromatic N) is 1. The second-order valence-corrected chi connectivity index (χ2v) is 6.08. The van der Waals surface area contributed by atoms with E-state index in [2.05, 4.69) is 0 Å². The lowest BCUT2D eigenvalue weighted by molar-refractivity contribution is -0.144. The van der Waals surface area contributed by atoms with Gasteiger partial charge in [0.05, 0.1) is 6.61 Å². The minimum Gasteiger partial charge on any atom is -0.480 e. The number of carboxylic acids is 1. The van der Waals surface area contributed by atoms with Crippen LogP contribution in [0.25, 0.3) is 0 Å². The quantitative estimate of drug-likeness (QED) is 0.927. The molecule has 2 aliphatic rings. The fraction of sp³-hybridized carbons (Fsp3) is 0.529. The summed E-state index contributed by atoms with van der Waals surface area (Å²) in [6.07, 6.45) is 3.65. The van der Waals surface area contributed by atoms with Crippen LogP contribution in [0.5, 0.6) is 0 Å². The van der Waals surface area contributed by atoms with Crippen molar-refractivity contribution in [1.29, 1.82) is 0 Å². The van der Waals surface area contributed by atoms with Gasteiger partial charge in [-0.3, -0.25) is 4.90 Å². The Bertz CT molecular complexity index is 568. The van der Waals surface area contributed by atoms with Gasteiger partial charge in [-0.15, -0.1) is 0 Å². The smallest absolute Gasteiger partial charge is 0.413 e. The molecule has 1 aromatic carbocycles. The highest BCUT2D eigenvalue weighted by Gasteiger charge is 2.53. The highest BCUT2D eigenvalue weighted by Crippen LogP contribution is 2.40. The predicted octanol–water partition coefficient (Wildman–Crippen LogP) is 2.77. The number of benzene rings is 1. The number of carbonyl (C=O) groups is 2. The van der Waals surface area contributed by atoms with E-state index < -0.39 is 23.8 Å². The number of rotatable bonds is 3. The molecule has 0 aromatic heterocycles. The molecule has 1 saturated carbocycles. The van der Waals surface area contributed by atoms with E-state index in [0.29, 0.717) is 12.8 Å². The van der Waals surface area contributed by atoms with Crippen molar-refractivity contribution in [2.24, 2.45) is 0 Å². The number of carboxylic acid groups (broad SMARTS) is 1. The van der Waals surface area contributed by atoms with Crippen LogP contribution < -0.4 is 0 Å². The third-order valence-corrected chi connectivity index (χ3v) is 4.58. The monoisotopic (exact) mass is 319 g/mol. The zero-order valence-corrected chi connectivity index (χ0v) is 12.9. The average molecular weight is 319 g/mol. The number of carbonyl (C=O) groups excluding carboxylic acids is 1. The molecular formula is C17H21NO5. The normalized spacial score (nSPS) is 23.0. The number of amides is 1. The molecule has 1 N–H and O–H groups in total. The van der Waals surface area contributed by atoms with Crippen molar-refractivity contribution in [2.45, 2.75) is 50.5 Å². The molecule has 3 rings (SSSR count). The van der Waals surface area contributed by atoms with Gasteiger partial charge < -0.3 is 14.6 Å². The third-order valence-electron chi connectivity index (χ3n) is 4.58. The zero-order valence-electron chi connectivity index (χ0n) is 12.9. The molecule has 1 aliphatic carbocycles. The summed E-state index contributed by atoms with van der Waals surface area (Å²) in [7, 11) is 0. The van der Waals surface area contributed by atoms with Crippen molar-refractivity contribution in [1.82, 2.24) is 4.90 Å². The Morgan fingerprint density at radius 2 is 1.91 bits per heavy atom.